The largest absolute Gasteiger partial charge is 0.376 e. The lowest BCUT2D eigenvalue weighted by molar-refractivity contribution is 0.0664. The van der Waals surface area contributed by atoms with E-state index in [1.165, 1.54) is 0 Å². The van der Waals surface area contributed by atoms with E-state index < -0.39 is 0 Å². The molecule has 0 spiro atoms. The standard InChI is InChI=1S/C14H23N3O/c1-3-13-10-17(7-4-8-18-13)14-9-12(11(2)15)5-6-16-14/h5-6,9,11,13H,3-4,7-8,10,15H2,1-2H3/t11-,13?/m0/s1. The Hall–Kier alpha value is -1.13. The molecule has 1 aromatic rings. The molecule has 1 aliphatic rings. The first-order chi connectivity index (χ1) is 8.70. The molecule has 4 heteroatoms. The summed E-state index contributed by atoms with van der Waals surface area (Å²) in [5.41, 5.74) is 7.06. The molecule has 0 bridgehead atoms. The van der Waals surface area contributed by atoms with Crippen molar-refractivity contribution in [1.82, 2.24) is 4.98 Å². The fourth-order valence-corrected chi connectivity index (χ4v) is 2.24. The molecular weight excluding hydrogens is 226 g/mol. The van der Waals surface area contributed by atoms with E-state index in [1.54, 1.807) is 0 Å². The molecule has 1 aliphatic heterocycles. The lowest BCUT2D eigenvalue weighted by Crippen LogP contribution is -2.32. The van der Waals surface area contributed by atoms with Gasteiger partial charge in [0.1, 0.15) is 5.82 Å². The van der Waals surface area contributed by atoms with Crippen molar-refractivity contribution < 1.29 is 4.74 Å². The highest BCUT2D eigenvalue weighted by Crippen LogP contribution is 2.19. The highest BCUT2D eigenvalue weighted by molar-refractivity contribution is 5.42. The van der Waals surface area contributed by atoms with Crippen LogP contribution in [-0.2, 0) is 4.74 Å². The fraction of sp³-hybridized carbons (Fsp3) is 0.643. The summed E-state index contributed by atoms with van der Waals surface area (Å²) >= 11 is 0. The smallest absolute Gasteiger partial charge is 0.128 e. The van der Waals surface area contributed by atoms with Crippen LogP contribution in [0.5, 0.6) is 0 Å². The number of hydrogen-bond donors (Lipinski definition) is 1. The van der Waals surface area contributed by atoms with E-state index in [0.29, 0.717) is 6.10 Å². The molecule has 1 unspecified atom stereocenters. The van der Waals surface area contributed by atoms with Crippen molar-refractivity contribution in [3.63, 3.8) is 0 Å². The summed E-state index contributed by atoms with van der Waals surface area (Å²) < 4.78 is 5.79. The topological polar surface area (TPSA) is 51.4 Å². The minimum absolute atomic E-state index is 0.0527. The van der Waals surface area contributed by atoms with E-state index in [-0.39, 0.29) is 6.04 Å². The van der Waals surface area contributed by atoms with Crippen molar-refractivity contribution in [2.24, 2.45) is 5.73 Å². The number of pyridine rings is 1. The third-order valence-electron chi connectivity index (χ3n) is 3.42. The first-order valence-corrected chi connectivity index (χ1v) is 6.78. The number of rotatable bonds is 3. The Morgan fingerprint density at radius 2 is 2.44 bits per heavy atom. The molecule has 0 radical (unpaired) electrons. The number of nitrogens with zero attached hydrogens (tertiary/aromatic N) is 2. The van der Waals surface area contributed by atoms with Crippen LogP contribution in [0.25, 0.3) is 0 Å². The van der Waals surface area contributed by atoms with Crippen molar-refractivity contribution in [2.75, 3.05) is 24.6 Å². The maximum Gasteiger partial charge on any atom is 0.128 e. The predicted octanol–water partition coefficient (Wildman–Crippen LogP) is 2.11. The van der Waals surface area contributed by atoms with Gasteiger partial charge in [0.15, 0.2) is 0 Å². The number of hydrogen-bond acceptors (Lipinski definition) is 4. The van der Waals surface area contributed by atoms with E-state index in [1.807, 2.05) is 19.2 Å². The van der Waals surface area contributed by atoms with Crippen molar-refractivity contribution in [2.45, 2.75) is 38.8 Å². The van der Waals surface area contributed by atoms with Crippen LogP contribution in [-0.4, -0.2) is 30.8 Å². The van der Waals surface area contributed by atoms with Gasteiger partial charge in [0.25, 0.3) is 0 Å². The SMILES string of the molecule is CCC1CN(c2cc([C@H](C)N)ccn2)CCCO1. The molecule has 2 rings (SSSR count). The Balaban J connectivity index is 2.15. The van der Waals surface area contributed by atoms with Gasteiger partial charge in [-0.1, -0.05) is 6.92 Å². The van der Waals surface area contributed by atoms with Crippen LogP contribution >= 0.6 is 0 Å². The van der Waals surface area contributed by atoms with Crippen LogP contribution in [0.2, 0.25) is 0 Å². The van der Waals surface area contributed by atoms with Crippen LogP contribution < -0.4 is 10.6 Å². The highest BCUT2D eigenvalue weighted by Gasteiger charge is 2.18. The van der Waals surface area contributed by atoms with Gasteiger partial charge < -0.3 is 15.4 Å². The molecular formula is C14H23N3O. The quantitative estimate of drug-likeness (QED) is 0.891. The van der Waals surface area contributed by atoms with Gasteiger partial charge in [0.05, 0.1) is 6.10 Å². The zero-order valence-corrected chi connectivity index (χ0v) is 11.3. The van der Waals surface area contributed by atoms with E-state index in [4.69, 9.17) is 10.5 Å². The molecule has 0 aliphatic carbocycles. The summed E-state index contributed by atoms with van der Waals surface area (Å²) in [6.07, 6.45) is 4.26. The van der Waals surface area contributed by atoms with Gasteiger partial charge in [-0.25, -0.2) is 4.98 Å². The number of anilines is 1. The second-order valence-corrected chi connectivity index (χ2v) is 4.94. The third kappa shape index (κ3) is 3.21. The summed E-state index contributed by atoms with van der Waals surface area (Å²) in [7, 11) is 0. The summed E-state index contributed by atoms with van der Waals surface area (Å²) in [6.45, 7) is 6.94. The normalized spacial score (nSPS) is 22.6. The predicted molar refractivity (Wildman–Crippen MR) is 73.7 cm³/mol. The molecule has 0 aromatic carbocycles. The summed E-state index contributed by atoms with van der Waals surface area (Å²) in [5, 5.41) is 0. The van der Waals surface area contributed by atoms with Crippen LogP contribution in [0.4, 0.5) is 5.82 Å². The lowest BCUT2D eigenvalue weighted by Gasteiger charge is -2.25. The van der Waals surface area contributed by atoms with Crippen molar-refractivity contribution in [3.05, 3.63) is 23.9 Å². The van der Waals surface area contributed by atoms with Gasteiger partial charge in [-0.3, -0.25) is 0 Å². The molecule has 100 valence electrons. The van der Waals surface area contributed by atoms with Gasteiger partial charge in [-0.15, -0.1) is 0 Å². The molecule has 2 atom stereocenters. The van der Waals surface area contributed by atoms with Gasteiger partial charge in [0.2, 0.25) is 0 Å². The van der Waals surface area contributed by atoms with E-state index >= 15 is 0 Å². The molecule has 1 saturated heterocycles. The first kappa shape index (κ1) is 13.3. The molecule has 1 fully saturated rings. The van der Waals surface area contributed by atoms with Crippen molar-refractivity contribution in [1.29, 1.82) is 0 Å². The maximum absolute atomic E-state index is 5.93. The Bertz CT molecular complexity index is 381. The zero-order chi connectivity index (χ0) is 13.0. The van der Waals surface area contributed by atoms with E-state index in [0.717, 1.165) is 43.9 Å². The number of ether oxygens (including phenoxy) is 1. The van der Waals surface area contributed by atoms with Crippen LogP contribution in [0, 0.1) is 0 Å². The summed E-state index contributed by atoms with van der Waals surface area (Å²) in [5.74, 6) is 1.02. The Kier molecular flexibility index (Phi) is 4.55. The van der Waals surface area contributed by atoms with Crippen molar-refractivity contribution >= 4 is 5.82 Å². The van der Waals surface area contributed by atoms with Crippen molar-refractivity contribution in [3.8, 4) is 0 Å². The van der Waals surface area contributed by atoms with Crippen LogP contribution in [0.3, 0.4) is 0 Å². The van der Waals surface area contributed by atoms with Gasteiger partial charge >= 0.3 is 0 Å². The number of nitrogens with two attached hydrogens (primary N) is 1. The van der Waals surface area contributed by atoms with Gasteiger partial charge in [-0.05, 0) is 37.5 Å². The lowest BCUT2D eigenvalue weighted by atomic mass is 10.1. The average Bonchev–Trinajstić information content (AvgIpc) is 2.64. The Morgan fingerprint density at radius 3 is 3.17 bits per heavy atom. The Morgan fingerprint density at radius 1 is 1.61 bits per heavy atom. The molecule has 2 heterocycles. The minimum Gasteiger partial charge on any atom is -0.376 e. The number of aromatic nitrogens is 1. The molecule has 0 saturated carbocycles. The second-order valence-electron chi connectivity index (χ2n) is 4.94. The molecule has 2 N–H and O–H groups in total. The summed E-state index contributed by atoms with van der Waals surface area (Å²) in [6, 6.07) is 4.14. The van der Waals surface area contributed by atoms with E-state index in [2.05, 4.69) is 22.9 Å². The third-order valence-corrected chi connectivity index (χ3v) is 3.42. The molecule has 0 amide bonds. The molecule has 1 aromatic heterocycles. The van der Waals surface area contributed by atoms with Crippen LogP contribution in [0.15, 0.2) is 18.3 Å². The average molecular weight is 249 g/mol. The molecule has 4 nitrogen and oxygen atoms in total. The van der Waals surface area contributed by atoms with Gasteiger partial charge in [0, 0.05) is 31.9 Å². The molecule has 18 heavy (non-hydrogen) atoms. The zero-order valence-electron chi connectivity index (χ0n) is 11.3. The minimum atomic E-state index is 0.0527. The first-order valence-electron chi connectivity index (χ1n) is 6.78. The monoisotopic (exact) mass is 249 g/mol. The van der Waals surface area contributed by atoms with E-state index in [9.17, 15) is 0 Å². The van der Waals surface area contributed by atoms with Gasteiger partial charge in [-0.2, -0.15) is 0 Å². The summed E-state index contributed by atoms with van der Waals surface area (Å²) in [4.78, 5) is 6.78. The maximum atomic E-state index is 5.93. The fourth-order valence-electron chi connectivity index (χ4n) is 2.24. The Labute approximate surface area is 109 Å². The second kappa shape index (κ2) is 6.16. The highest BCUT2D eigenvalue weighted by atomic mass is 16.5. The van der Waals surface area contributed by atoms with Crippen LogP contribution in [0.1, 0.15) is 38.3 Å².